The fourth-order valence-corrected chi connectivity index (χ4v) is 3.99. The van der Waals surface area contributed by atoms with E-state index in [0.29, 0.717) is 5.92 Å². The Balaban J connectivity index is 1.60. The quantitative estimate of drug-likeness (QED) is 0.917. The zero-order chi connectivity index (χ0) is 14.1. The van der Waals surface area contributed by atoms with Crippen LogP contribution in [0.4, 0.5) is 0 Å². The Morgan fingerprint density at radius 1 is 1.20 bits per heavy atom. The number of rotatable bonds is 4. The van der Waals surface area contributed by atoms with Crippen molar-refractivity contribution < 1.29 is 9.84 Å². The van der Waals surface area contributed by atoms with Crippen molar-refractivity contribution in [3.8, 4) is 5.75 Å². The van der Waals surface area contributed by atoms with Crippen molar-refractivity contribution in [1.29, 1.82) is 0 Å². The van der Waals surface area contributed by atoms with Crippen molar-refractivity contribution in [1.82, 2.24) is 4.90 Å². The highest BCUT2D eigenvalue weighted by Crippen LogP contribution is 2.40. The Morgan fingerprint density at radius 2 is 1.80 bits per heavy atom. The average molecular weight is 275 g/mol. The normalized spacial score (nSPS) is 31.2. The SMILES string of the molecule is COc1ccc(C(O)CC2CC3CCC(C2)N3C)cc1. The summed E-state index contributed by atoms with van der Waals surface area (Å²) in [6.45, 7) is 0. The van der Waals surface area contributed by atoms with Gasteiger partial charge in [-0.3, -0.25) is 0 Å². The first-order valence-corrected chi connectivity index (χ1v) is 7.71. The van der Waals surface area contributed by atoms with Crippen LogP contribution in [0.25, 0.3) is 0 Å². The maximum Gasteiger partial charge on any atom is 0.118 e. The molecule has 3 unspecified atom stereocenters. The summed E-state index contributed by atoms with van der Waals surface area (Å²) in [5.41, 5.74) is 1.01. The summed E-state index contributed by atoms with van der Waals surface area (Å²) in [6.07, 6.45) is 5.74. The zero-order valence-corrected chi connectivity index (χ0v) is 12.5. The summed E-state index contributed by atoms with van der Waals surface area (Å²) in [6, 6.07) is 9.32. The Bertz CT molecular complexity index is 431. The second-order valence-electron chi connectivity index (χ2n) is 6.41. The van der Waals surface area contributed by atoms with E-state index >= 15 is 0 Å². The third-order valence-corrected chi connectivity index (χ3v) is 5.25. The minimum absolute atomic E-state index is 0.339. The Hall–Kier alpha value is -1.06. The number of aliphatic hydroxyl groups is 1. The molecule has 2 heterocycles. The highest BCUT2D eigenvalue weighted by atomic mass is 16.5. The van der Waals surface area contributed by atoms with Crippen molar-refractivity contribution >= 4 is 0 Å². The van der Waals surface area contributed by atoms with E-state index in [1.807, 2.05) is 24.3 Å². The van der Waals surface area contributed by atoms with Crippen LogP contribution in [0.2, 0.25) is 0 Å². The fourth-order valence-electron chi connectivity index (χ4n) is 3.99. The van der Waals surface area contributed by atoms with Crippen molar-refractivity contribution in [2.75, 3.05) is 14.2 Å². The third-order valence-electron chi connectivity index (χ3n) is 5.25. The largest absolute Gasteiger partial charge is 0.497 e. The number of nitrogens with zero attached hydrogens (tertiary/aromatic N) is 1. The van der Waals surface area contributed by atoms with Gasteiger partial charge in [0.2, 0.25) is 0 Å². The molecular weight excluding hydrogens is 250 g/mol. The van der Waals surface area contributed by atoms with Crippen LogP contribution in [-0.4, -0.2) is 36.2 Å². The van der Waals surface area contributed by atoms with E-state index in [2.05, 4.69) is 11.9 Å². The third kappa shape index (κ3) is 2.70. The summed E-state index contributed by atoms with van der Waals surface area (Å²) in [4.78, 5) is 2.55. The van der Waals surface area contributed by atoms with Crippen molar-refractivity contribution in [2.24, 2.45) is 5.92 Å². The van der Waals surface area contributed by atoms with Crippen LogP contribution < -0.4 is 4.74 Å². The molecule has 3 atom stereocenters. The molecule has 110 valence electrons. The number of fused-ring (bicyclic) bond motifs is 2. The molecule has 0 spiro atoms. The molecule has 3 heteroatoms. The molecule has 1 N–H and O–H groups in total. The molecule has 0 radical (unpaired) electrons. The molecule has 1 aromatic rings. The maximum atomic E-state index is 10.4. The van der Waals surface area contributed by atoms with E-state index < -0.39 is 0 Å². The molecule has 2 saturated heterocycles. The van der Waals surface area contributed by atoms with Crippen LogP contribution in [0.1, 0.15) is 43.8 Å². The van der Waals surface area contributed by atoms with Crippen molar-refractivity contribution in [3.05, 3.63) is 29.8 Å². The lowest BCUT2D eigenvalue weighted by Gasteiger charge is -2.37. The second-order valence-corrected chi connectivity index (χ2v) is 6.41. The lowest BCUT2D eigenvalue weighted by Crippen LogP contribution is -2.40. The molecule has 0 amide bonds. The van der Waals surface area contributed by atoms with Gasteiger partial charge in [0.25, 0.3) is 0 Å². The summed E-state index contributed by atoms with van der Waals surface area (Å²) in [5, 5.41) is 10.4. The summed E-state index contributed by atoms with van der Waals surface area (Å²) in [5.74, 6) is 1.51. The molecule has 3 rings (SSSR count). The van der Waals surface area contributed by atoms with E-state index in [-0.39, 0.29) is 6.10 Å². The fraction of sp³-hybridized carbons (Fsp3) is 0.647. The van der Waals surface area contributed by atoms with E-state index in [1.54, 1.807) is 7.11 Å². The van der Waals surface area contributed by atoms with Crippen LogP contribution in [0.5, 0.6) is 5.75 Å². The summed E-state index contributed by atoms with van der Waals surface area (Å²) in [7, 11) is 3.93. The zero-order valence-electron chi connectivity index (χ0n) is 12.5. The van der Waals surface area contributed by atoms with Crippen molar-refractivity contribution in [3.63, 3.8) is 0 Å². The molecule has 0 aromatic heterocycles. The predicted molar refractivity (Wildman–Crippen MR) is 79.9 cm³/mol. The van der Waals surface area contributed by atoms with Gasteiger partial charge in [0, 0.05) is 12.1 Å². The number of hydrogen-bond acceptors (Lipinski definition) is 3. The van der Waals surface area contributed by atoms with Crippen LogP contribution >= 0.6 is 0 Å². The average Bonchev–Trinajstić information content (AvgIpc) is 2.69. The lowest BCUT2D eigenvalue weighted by atomic mass is 9.85. The molecular formula is C17H25NO2. The Labute approximate surface area is 121 Å². The number of aliphatic hydroxyl groups excluding tert-OH is 1. The Morgan fingerprint density at radius 3 is 2.35 bits per heavy atom. The minimum Gasteiger partial charge on any atom is -0.497 e. The molecule has 0 saturated carbocycles. The van der Waals surface area contributed by atoms with Gasteiger partial charge in [-0.15, -0.1) is 0 Å². The number of methoxy groups -OCH3 is 1. The van der Waals surface area contributed by atoms with Crippen LogP contribution in [0, 0.1) is 5.92 Å². The first-order chi connectivity index (χ1) is 9.67. The van der Waals surface area contributed by atoms with E-state index in [9.17, 15) is 5.11 Å². The molecule has 2 bridgehead atoms. The monoisotopic (exact) mass is 275 g/mol. The van der Waals surface area contributed by atoms with Gasteiger partial charge >= 0.3 is 0 Å². The maximum absolute atomic E-state index is 10.4. The molecule has 2 aliphatic rings. The van der Waals surface area contributed by atoms with Crippen LogP contribution in [0.3, 0.4) is 0 Å². The summed E-state index contributed by atoms with van der Waals surface area (Å²) >= 11 is 0. The Kier molecular flexibility index (Phi) is 3.99. The standard InChI is InChI=1S/C17H25NO2/c1-18-14-5-6-15(18)10-12(9-14)11-17(19)13-3-7-16(20-2)8-4-13/h3-4,7-8,12,14-15,17,19H,5-6,9-11H2,1-2H3. The number of hydrogen-bond donors (Lipinski definition) is 1. The molecule has 20 heavy (non-hydrogen) atoms. The molecule has 1 aromatic carbocycles. The van der Waals surface area contributed by atoms with Gasteiger partial charge in [0.15, 0.2) is 0 Å². The van der Waals surface area contributed by atoms with Crippen LogP contribution in [-0.2, 0) is 0 Å². The highest BCUT2D eigenvalue weighted by molar-refractivity contribution is 5.28. The second kappa shape index (κ2) is 5.74. The van der Waals surface area contributed by atoms with Gasteiger partial charge in [0.1, 0.15) is 5.75 Å². The van der Waals surface area contributed by atoms with Gasteiger partial charge in [-0.2, -0.15) is 0 Å². The molecule has 3 nitrogen and oxygen atoms in total. The highest BCUT2D eigenvalue weighted by Gasteiger charge is 2.38. The topological polar surface area (TPSA) is 32.7 Å². The van der Waals surface area contributed by atoms with E-state index in [4.69, 9.17) is 4.74 Å². The predicted octanol–water partition coefficient (Wildman–Crippen LogP) is 2.99. The lowest BCUT2D eigenvalue weighted by molar-refractivity contribution is 0.0836. The molecule has 2 fully saturated rings. The van der Waals surface area contributed by atoms with E-state index in [0.717, 1.165) is 29.8 Å². The number of piperidine rings is 1. The smallest absolute Gasteiger partial charge is 0.118 e. The first kappa shape index (κ1) is 13.9. The minimum atomic E-state index is -0.339. The van der Waals surface area contributed by atoms with E-state index in [1.165, 1.54) is 25.7 Å². The number of ether oxygens (including phenoxy) is 1. The van der Waals surface area contributed by atoms with Gasteiger partial charge in [-0.25, -0.2) is 0 Å². The van der Waals surface area contributed by atoms with Gasteiger partial charge in [-0.1, -0.05) is 12.1 Å². The van der Waals surface area contributed by atoms with Gasteiger partial charge in [-0.05, 0) is 62.8 Å². The van der Waals surface area contributed by atoms with Crippen LogP contribution in [0.15, 0.2) is 24.3 Å². The van der Waals surface area contributed by atoms with Gasteiger partial charge in [0.05, 0.1) is 13.2 Å². The molecule has 0 aliphatic carbocycles. The summed E-state index contributed by atoms with van der Waals surface area (Å²) < 4.78 is 5.16. The molecule has 2 aliphatic heterocycles. The first-order valence-electron chi connectivity index (χ1n) is 7.71. The van der Waals surface area contributed by atoms with Crippen molar-refractivity contribution in [2.45, 2.75) is 50.3 Å². The number of benzene rings is 1. The van der Waals surface area contributed by atoms with Gasteiger partial charge < -0.3 is 14.7 Å².